The first-order chi connectivity index (χ1) is 25.0. The van der Waals surface area contributed by atoms with Gasteiger partial charge < -0.3 is 44.6 Å². The molecule has 4 aromatic rings. The third kappa shape index (κ3) is 8.62. The number of cyclic esters (lactones) is 1. The van der Waals surface area contributed by atoms with Crippen LogP contribution in [0.25, 0.3) is 17.0 Å². The summed E-state index contributed by atoms with van der Waals surface area (Å²) in [6.07, 6.45) is 7.93. The van der Waals surface area contributed by atoms with Gasteiger partial charge >= 0.3 is 5.97 Å². The number of rotatable bonds is 10. The number of aromatic hydroxyl groups is 3. The summed E-state index contributed by atoms with van der Waals surface area (Å²) in [5.74, 6) is -1.89. The Hall–Kier alpha value is -5.65. The number of nitrogens with one attached hydrogen (secondary N) is 2. The van der Waals surface area contributed by atoms with E-state index in [0.717, 1.165) is 16.5 Å². The Balaban J connectivity index is 1.54. The molecule has 1 aliphatic rings. The molecule has 276 valence electrons. The van der Waals surface area contributed by atoms with Gasteiger partial charge in [0.05, 0.1) is 27.4 Å². The maximum absolute atomic E-state index is 13.7. The third-order valence-electron chi connectivity index (χ3n) is 9.35. The monoisotopic (exact) mass is 714 g/mol. The SMILES string of the molecule is COc1cc(C(CC(=O)NCCc2c[nH]c3ccc(O)cc23)c2c(O)cc3c(c2O)C(=O)O[C@@H](C)CCCC(=O)CCC/C=C/3)cc(OC)c1OC. The van der Waals surface area contributed by atoms with Crippen molar-refractivity contribution in [1.29, 1.82) is 0 Å². The van der Waals surface area contributed by atoms with Crippen molar-refractivity contribution >= 4 is 34.6 Å². The highest BCUT2D eigenvalue weighted by molar-refractivity contribution is 5.98. The number of ketones is 1. The van der Waals surface area contributed by atoms with Gasteiger partial charge in [-0.3, -0.25) is 9.59 Å². The minimum atomic E-state index is -1.00. The zero-order valence-corrected chi connectivity index (χ0v) is 29.9. The molecule has 0 saturated carbocycles. The highest BCUT2D eigenvalue weighted by Gasteiger charge is 2.32. The van der Waals surface area contributed by atoms with Gasteiger partial charge in [0.2, 0.25) is 11.7 Å². The van der Waals surface area contributed by atoms with E-state index >= 15 is 0 Å². The van der Waals surface area contributed by atoms with Crippen molar-refractivity contribution < 1.29 is 48.7 Å². The fourth-order valence-corrected chi connectivity index (χ4v) is 6.68. The Morgan fingerprint density at radius 3 is 2.44 bits per heavy atom. The predicted molar refractivity (Wildman–Crippen MR) is 196 cm³/mol. The lowest BCUT2D eigenvalue weighted by Gasteiger charge is -2.24. The lowest BCUT2D eigenvalue weighted by atomic mass is 9.84. The number of esters is 1. The maximum Gasteiger partial charge on any atom is 0.342 e. The molecule has 3 aromatic carbocycles. The summed E-state index contributed by atoms with van der Waals surface area (Å²) in [7, 11) is 4.37. The van der Waals surface area contributed by atoms with Crippen molar-refractivity contribution in [3.63, 3.8) is 0 Å². The molecule has 1 aromatic heterocycles. The van der Waals surface area contributed by atoms with E-state index in [9.17, 15) is 29.7 Å². The van der Waals surface area contributed by atoms with E-state index in [-0.39, 0.29) is 58.4 Å². The average molecular weight is 715 g/mol. The highest BCUT2D eigenvalue weighted by Crippen LogP contribution is 2.47. The first-order valence-electron chi connectivity index (χ1n) is 17.4. The Morgan fingerprint density at radius 2 is 1.73 bits per heavy atom. The van der Waals surface area contributed by atoms with Gasteiger partial charge in [-0.15, -0.1) is 0 Å². The average Bonchev–Trinajstić information content (AvgIpc) is 3.51. The lowest BCUT2D eigenvalue weighted by Crippen LogP contribution is -2.27. The molecule has 0 spiro atoms. The number of fused-ring (bicyclic) bond motifs is 2. The van der Waals surface area contributed by atoms with E-state index in [1.54, 1.807) is 49.4 Å². The summed E-state index contributed by atoms with van der Waals surface area (Å²) >= 11 is 0. The van der Waals surface area contributed by atoms with Crippen molar-refractivity contribution in [2.45, 2.75) is 70.3 Å². The largest absolute Gasteiger partial charge is 0.508 e. The van der Waals surface area contributed by atoms with E-state index in [1.165, 1.54) is 27.4 Å². The topological polar surface area (TPSA) is 177 Å². The first kappa shape index (κ1) is 37.6. The molecule has 0 aliphatic carbocycles. The number of ether oxygens (including phenoxy) is 4. The number of Topliss-reactive ketones (excluding diaryl/α,β-unsaturated/α-hetero) is 1. The van der Waals surface area contributed by atoms with Crippen LogP contribution in [0.15, 0.2) is 48.7 Å². The zero-order chi connectivity index (χ0) is 37.4. The van der Waals surface area contributed by atoms with E-state index in [1.807, 2.05) is 6.20 Å². The van der Waals surface area contributed by atoms with Gasteiger partial charge in [-0.1, -0.05) is 12.2 Å². The summed E-state index contributed by atoms with van der Waals surface area (Å²) in [6, 6.07) is 9.66. The highest BCUT2D eigenvalue weighted by atomic mass is 16.5. The second-order valence-corrected chi connectivity index (χ2v) is 12.9. The number of aromatic nitrogens is 1. The molecule has 52 heavy (non-hydrogen) atoms. The summed E-state index contributed by atoms with van der Waals surface area (Å²) in [6.45, 7) is 1.98. The normalized spacial score (nSPS) is 16.7. The van der Waals surface area contributed by atoms with Crippen LogP contribution >= 0.6 is 0 Å². The minimum absolute atomic E-state index is 0.0556. The second kappa shape index (κ2) is 17.0. The quantitative estimate of drug-likeness (QED) is 0.112. The van der Waals surface area contributed by atoms with Crippen LogP contribution in [-0.4, -0.2) is 71.9 Å². The van der Waals surface area contributed by atoms with Crippen LogP contribution in [0, 0.1) is 0 Å². The van der Waals surface area contributed by atoms with E-state index in [2.05, 4.69) is 10.3 Å². The predicted octanol–water partition coefficient (Wildman–Crippen LogP) is 6.67. The number of phenolic OH excluding ortho intramolecular Hbond substituents is 3. The molecule has 0 radical (unpaired) electrons. The Labute approximate surface area is 302 Å². The number of hydrogen-bond donors (Lipinski definition) is 5. The van der Waals surface area contributed by atoms with Gasteiger partial charge in [-0.25, -0.2) is 4.79 Å². The molecule has 1 unspecified atom stereocenters. The first-order valence-corrected chi connectivity index (χ1v) is 17.4. The fourth-order valence-electron chi connectivity index (χ4n) is 6.68. The standard InChI is InChI=1S/C40H46N2O10/c1-23-9-8-12-27(43)11-7-5-6-10-24-17-32(45)37(38(47)36(24)40(48)52-23)30(26-18-33(49-2)39(51-4)34(19-26)50-3)21-35(46)41-16-15-25-22-42-31-14-13-28(44)20-29(25)31/h6,10,13-14,17-20,22-23,30,42,44-45,47H,5,7-9,11-12,15-16,21H2,1-4H3,(H,41,46)/b10-6+/t23-,30?/m0/s1. The zero-order valence-electron chi connectivity index (χ0n) is 29.9. The molecule has 12 nitrogen and oxygen atoms in total. The number of allylic oxidation sites excluding steroid dienone is 1. The molecular formula is C40H46N2O10. The molecule has 12 heteroatoms. The van der Waals surface area contributed by atoms with E-state index in [0.29, 0.717) is 56.3 Å². The smallest absolute Gasteiger partial charge is 0.342 e. The van der Waals surface area contributed by atoms with Crippen LogP contribution in [0.1, 0.15) is 90.4 Å². The summed E-state index contributed by atoms with van der Waals surface area (Å²) in [4.78, 5) is 42.8. The summed E-state index contributed by atoms with van der Waals surface area (Å²) < 4.78 is 22.4. The van der Waals surface area contributed by atoms with Crippen LogP contribution < -0.4 is 19.5 Å². The fraction of sp³-hybridized carbons (Fsp3) is 0.375. The molecular weight excluding hydrogens is 668 g/mol. The summed E-state index contributed by atoms with van der Waals surface area (Å²) in [5, 5.41) is 37.3. The van der Waals surface area contributed by atoms with Crippen LogP contribution in [0.3, 0.4) is 0 Å². The Kier molecular flexibility index (Phi) is 12.3. The molecule has 0 bridgehead atoms. The number of carbonyl (C=O) groups is 3. The Bertz CT molecular complexity index is 1940. The number of benzene rings is 3. The molecule has 0 saturated heterocycles. The lowest BCUT2D eigenvalue weighted by molar-refractivity contribution is -0.121. The van der Waals surface area contributed by atoms with Gasteiger partial charge in [-0.05, 0) is 92.1 Å². The number of carbonyl (C=O) groups excluding carboxylic acids is 3. The van der Waals surface area contributed by atoms with Crippen LogP contribution in [-0.2, 0) is 20.7 Å². The second-order valence-electron chi connectivity index (χ2n) is 12.9. The molecule has 1 amide bonds. The van der Waals surface area contributed by atoms with Gasteiger partial charge in [0.1, 0.15) is 28.6 Å². The number of phenols is 3. The Morgan fingerprint density at radius 1 is 1.00 bits per heavy atom. The number of methoxy groups -OCH3 is 3. The molecule has 2 heterocycles. The summed E-state index contributed by atoms with van der Waals surface area (Å²) in [5.41, 5.74) is 2.22. The third-order valence-corrected chi connectivity index (χ3v) is 9.35. The molecule has 0 fully saturated rings. The van der Waals surface area contributed by atoms with Gasteiger partial charge in [0.25, 0.3) is 0 Å². The van der Waals surface area contributed by atoms with E-state index < -0.39 is 29.6 Å². The molecule has 2 atom stereocenters. The van der Waals surface area contributed by atoms with Crippen molar-refractivity contribution in [2.75, 3.05) is 27.9 Å². The minimum Gasteiger partial charge on any atom is -0.508 e. The van der Waals surface area contributed by atoms with E-state index in [4.69, 9.17) is 18.9 Å². The van der Waals surface area contributed by atoms with Crippen LogP contribution in [0.2, 0.25) is 0 Å². The van der Waals surface area contributed by atoms with Crippen molar-refractivity contribution in [1.82, 2.24) is 10.3 Å². The van der Waals surface area contributed by atoms with Gasteiger partial charge in [0, 0.05) is 54.4 Å². The maximum atomic E-state index is 13.7. The number of hydrogen-bond acceptors (Lipinski definition) is 10. The molecule has 1 aliphatic heterocycles. The van der Waals surface area contributed by atoms with Gasteiger partial charge in [0.15, 0.2) is 11.5 Å². The number of H-pyrrole nitrogens is 1. The van der Waals surface area contributed by atoms with Gasteiger partial charge in [-0.2, -0.15) is 0 Å². The molecule has 5 rings (SSSR count). The number of amides is 1. The van der Waals surface area contributed by atoms with Crippen LogP contribution in [0.5, 0.6) is 34.5 Å². The van der Waals surface area contributed by atoms with Crippen LogP contribution in [0.4, 0.5) is 0 Å². The van der Waals surface area contributed by atoms with Crippen molar-refractivity contribution in [3.05, 3.63) is 76.5 Å². The van der Waals surface area contributed by atoms with Crippen molar-refractivity contribution in [2.24, 2.45) is 0 Å². The number of aromatic amines is 1. The molecule has 5 N–H and O–H groups in total. The van der Waals surface area contributed by atoms with Crippen molar-refractivity contribution in [3.8, 4) is 34.5 Å².